The molecule has 0 bridgehead atoms. The summed E-state index contributed by atoms with van der Waals surface area (Å²) in [5, 5.41) is 1.43. The summed E-state index contributed by atoms with van der Waals surface area (Å²) in [4.78, 5) is 14.5. The van der Waals surface area contributed by atoms with Gasteiger partial charge in [-0.1, -0.05) is 20.8 Å². The van der Waals surface area contributed by atoms with Gasteiger partial charge in [-0.3, -0.25) is 4.79 Å². The normalized spacial score (nSPS) is 40.5. The van der Waals surface area contributed by atoms with Gasteiger partial charge < -0.3 is 4.90 Å². The minimum absolute atomic E-state index is 0.321. The van der Waals surface area contributed by atoms with Crippen molar-refractivity contribution in [2.45, 2.75) is 50.5 Å². The predicted octanol–water partition coefficient (Wildman–Crippen LogP) is 2.82. The third-order valence-corrected chi connectivity index (χ3v) is 5.23. The van der Waals surface area contributed by atoms with E-state index in [1.807, 2.05) is 0 Å². The van der Waals surface area contributed by atoms with Gasteiger partial charge in [0, 0.05) is 42.5 Å². The molecule has 2 fully saturated rings. The van der Waals surface area contributed by atoms with Crippen LogP contribution in [0.1, 0.15) is 40.0 Å². The summed E-state index contributed by atoms with van der Waals surface area (Å²) in [7, 11) is 0. The van der Waals surface area contributed by atoms with E-state index in [0.29, 0.717) is 11.7 Å². The Morgan fingerprint density at radius 1 is 1.24 bits per heavy atom. The minimum atomic E-state index is 0.321. The number of hydrogen-bond acceptors (Lipinski definition) is 3. The number of thioether (sulfide) groups is 1. The van der Waals surface area contributed by atoms with Crippen molar-refractivity contribution in [2.24, 2.45) is 11.8 Å². The van der Waals surface area contributed by atoms with Crippen LogP contribution >= 0.6 is 11.8 Å². The average molecular weight is 255 g/mol. The molecule has 0 spiro atoms. The predicted molar refractivity (Wildman–Crippen MR) is 74.5 cm³/mol. The summed E-state index contributed by atoms with van der Waals surface area (Å²) < 4.78 is 0. The van der Waals surface area contributed by atoms with Gasteiger partial charge in [-0.25, -0.2) is 0 Å². The molecule has 0 amide bonds. The lowest BCUT2D eigenvalue weighted by Crippen LogP contribution is -2.45. The fourth-order valence-electron chi connectivity index (χ4n) is 3.25. The van der Waals surface area contributed by atoms with Crippen LogP contribution in [0, 0.1) is 11.8 Å². The maximum atomic E-state index is 11.9. The molecule has 1 aliphatic carbocycles. The van der Waals surface area contributed by atoms with Crippen molar-refractivity contribution in [2.75, 3.05) is 19.6 Å². The molecule has 3 heteroatoms. The van der Waals surface area contributed by atoms with Crippen molar-refractivity contribution >= 4 is 17.5 Å². The van der Waals surface area contributed by atoms with Crippen molar-refractivity contribution in [3.05, 3.63) is 0 Å². The summed E-state index contributed by atoms with van der Waals surface area (Å²) in [5.74, 6) is 1.58. The summed E-state index contributed by atoms with van der Waals surface area (Å²) >= 11 is 2.08. The zero-order chi connectivity index (χ0) is 12.4. The zero-order valence-corrected chi connectivity index (χ0v) is 12.1. The molecular weight excluding hydrogens is 230 g/mol. The smallest absolute Gasteiger partial charge is 0.137 e. The average Bonchev–Trinajstić information content (AvgIpc) is 2.22. The van der Waals surface area contributed by atoms with Crippen LogP contribution in [0.25, 0.3) is 0 Å². The lowest BCUT2D eigenvalue weighted by atomic mass is 9.81. The maximum absolute atomic E-state index is 11.9. The Morgan fingerprint density at radius 3 is 2.53 bits per heavy atom. The van der Waals surface area contributed by atoms with Crippen LogP contribution in [0.4, 0.5) is 0 Å². The highest BCUT2D eigenvalue weighted by Gasteiger charge is 2.30. The van der Waals surface area contributed by atoms with Gasteiger partial charge >= 0.3 is 0 Å². The van der Waals surface area contributed by atoms with Gasteiger partial charge in [-0.15, -0.1) is 0 Å². The van der Waals surface area contributed by atoms with Crippen LogP contribution in [-0.4, -0.2) is 40.8 Å². The first kappa shape index (κ1) is 13.4. The van der Waals surface area contributed by atoms with Gasteiger partial charge in [0.05, 0.1) is 0 Å². The van der Waals surface area contributed by atoms with Gasteiger partial charge in [-0.05, 0) is 18.8 Å². The Kier molecular flexibility index (Phi) is 4.53. The van der Waals surface area contributed by atoms with E-state index in [1.54, 1.807) is 0 Å². The first-order valence-electron chi connectivity index (χ1n) is 6.95. The zero-order valence-electron chi connectivity index (χ0n) is 11.3. The number of carbonyl (C=O) groups excluding carboxylic acids is 1. The third kappa shape index (κ3) is 3.72. The van der Waals surface area contributed by atoms with Crippen molar-refractivity contribution < 1.29 is 4.79 Å². The van der Waals surface area contributed by atoms with E-state index in [1.165, 1.54) is 0 Å². The number of hydrogen-bond donors (Lipinski definition) is 0. The molecular formula is C14H25NOS. The minimum Gasteiger partial charge on any atom is -0.300 e. The number of rotatable bonds is 2. The van der Waals surface area contributed by atoms with Crippen LogP contribution in [0.2, 0.25) is 0 Å². The summed E-state index contributed by atoms with van der Waals surface area (Å²) in [6.45, 7) is 10.2. The molecule has 0 radical (unpaired) electrons. The SMILES string of the molecule is CC1CCC(=O)C(CN2CC(C)SC(C)C2)C1. The van der Waals surface area contributed by atoms with Gasteiger partial charge in [0.2, 0.25) is 0 Å². The van der Waals surface area contributed by atoms with E-state index in [0.717, 1.165) is 55.3 Å². The van der Waals surface area contributed by atoms with E-state index in [-0.39, 0.29) is 0 Å². The van der Waals surface area contributed by atoms with E-state index in [4.69, 9.17) is 0 Å². The first-order chi connectivity index (χ1) is 8.04. The lowest BCUT2D eigenvalue weighted by molar-refractivity contribution is -0.126. The van der Waals surface area contributed by atoms with Crippen LogP contribution < -0.4 is 0 Å². The molecule has 0 N–H and O–H groups in total. The van der Waals surface area contributed by atoms with Gasteiger partial charge in [0.1, 0.15) is 5.78 Å². The number of ketones is 1. The molecule has 2 rings (SSSR count). The fraction of sp³-hybridized carbons (Fsp3) is 0.929. The highest BCUT2D eigenvalue weighted by atomic mass is 32.2. The largest absolute Gasteiger partial charge is 0.300 e. The molecule has 1 saturated carbocycles. The number of carbonyl (C=O) groups is 1. The molecule has 98 valence electrons. The second-order valence-corrected chi connectivity index (χ2v) is 7.90. The monoisotopic (exact) mass is 255 g/mol. The number of nitrogens with zero attached hydrogens (tertiary/aromatic N) is 1. The van der Waals surface area contributed by atoms with Gasteiger partial charge in [-0.2, -0.15) is 11.8 Å². The Bertz CT molecular complexity index is 271. The molecule has 1 aliphatic heterocycles. The Balaban J connectivity index is 1.88. The van der Waals surface area contributed by atoms with E-state index in [9.17, 15) is 4.79 Å². The molecule has 0 aromatic carbocycles. The van der Waals surface area contributed by atoms with Crippen molar-refractivity contribution in [1.29, 1.82) is 0 Å². The summed E-state index contributed by atoms with van der Waals surface area (Å²) in [6, 6.07) is 0. The number of Topliss-reactive ketones (excluding diaryl/α,β-unsaturated/α-hetero) is 1. The fourth-order valence-corrected chi connectivity index (χ4v) is 4.64. The molecule has 1 heterocycles. The third-order valence-electron chi connectivity index (χ3n) is 4.00. The maximum Gasteiger partial charge on any atom is 0.137 e. The van der Waals surface area contributed by atoms with Crippen LogP contribution in [0.3, 0.4) is 0 Å². The molecule has 4 unspecified atom stereocenters. The standard InChI is InChI=1S/C14H25NOS/c1-10-4-5-14(16)13(6-10)9-15-7-11(2)17-12(3)8-15/h10-13H,4-9H2,1-3H3. The van der Waals surface area contributed by atoms with Crippen LogP contribution in [0.15, 0.2) is 0 Å². The molecule has 4 atom stereocenters. The molecule has 0 aromatic heterocycles. The molecule has 2 aliphatic rings. The Labute approximate surface area is 110 Å². The molecule has 1 saturated heterocycles. The summed E-state index contributed by atoms with van der Waals surface area (Å²) in [5.41, 5.74) is 0. The molecule has 17 heavy (non-hydrogen) atoms. The van der Waals surface area contributed by atoms with E-state index in [2.05, 4.69) is 37.4 Å². The summed E-state index contributed by atoms with van der Waals surface area (Å²) in [6.07, 6.45) is 3.04. The van der Waals surface area contributed by atoms with Crippen molar-refractivity contribution in [3.63, 3.8) is 0 Å². The van der Waals surface area contributed by atoms with Crippen LogP contribution in [-0.2, 0) is 4.79 Å². The second kappa shape index (κ2) is 5.75. The van der Waals surface area contributed by atoms with Gasteiger partial charge in [0.15, 0.2) is 0 Å². The quantitative estimate of drug-likeness (QED) is 0.757. The Morgan fingerprint density at radius 2 is 1.88 bits per heavy atom. The molecule has 0 aromatic rings. The van der Waals surface area contributed by atoms with Gasteiger partial charge in [0.25, 0.3) is 0 Å². The Hall–Kier alpha value is -0.0200. The van der Waals surface area contributed by atoms with E-state index >= 15 is 0 Å². The van der Waals surface area contributed by atoms with Crippen molar-refractivity contribution in [3.8, 4) is 0 Å². The highest BCUT2D eigenvalue weighted by molar-refractivity contribution is 8.00. The van der Waals surface area contributed by atoms with Crippen LogP contribution in [0.5, 0.6) is 0 Å². The first-order valence-corrected chi connectivity index (χ1v) is 7.89. The van der Waals surface area contributed by atoms with Crippen molar-refractivity contribution in [1.82, 2.24) is 4.90 Å². The lowest BCUT2D eigenvalue weighted by Gasteiger charge is -2.37. The highest BCUT2D eigenvalue weighted by Crippen LogP contribution is 2.29. The second-order valence-electron chi connectivity index (χ2n) is 6.02. The van der Waals surface area contributed by atoms with E-state index < -0.39 is 0 Å². The molecule has 2 nitrogen and oxygen atoms in total. The topological polar surface area (TPSA) is 20.3 Å².